The minimum atomic E-state index is 0.724. The van der Waals surface area contributed by atoms with Gasteiger partial charge in [-0.05, 0) is 55.2 Å². The van der Waals surface area contributed by atoms with Crippen molar-refractivity contribution in [1.82, 2.24) is 0 Å². The summed E-state index contributed by atoms with van der Waals surface area (Å²) in [6.07, 6.45) is 0.984. The first-order chi connectivity index (χ1) is 9.13. The predicted molar refractivity (Wildman–Crippen MR) is 80.3 cm³/mol. The average molecular weight is 253 g/mol. The lowest BCUT2D eigenvalue weighted by atomic mass is 9.98. The minimum absolute atomic E-state index is 0.724. The van der Waals surface area contributed by atoms with Gasteiger partial charge >= 0.3 is 0 Å². The molecule has 19 heavy (non-hydrogen) atoms. The molecule has 98 valence electrons. The van der Waals surface area contributed by atoms with E-state index in [-0.39, 0.29) is 0 Å². The molecule has 0 atom stereocenters. The maximum absolute atomic E-state index is 6.14. The summed E-state index contributed by atoms with van der Waals surface area (Å²) in [6.45, 7) is 6.27. The van der Waals surface area contributed by atoms with Gasteiger partial charge in [0.15, 0.2) is 0 Å². The number of aryl methyl sites for hydroxylation is 1. The molecular weight excluding hydrogens is 234 g/mol. The molecule has 0 heterocycles. The van der Waals surface area contributed by atoms with Crippen molar-refractivity contribution in [1.29, 1.82) is 0 Å². The van der Waals surface area contributed by atoms with E-state index in [2.05, 4.69) is 24.1 Å². The van der Waals surface area contributed by atoms with Gasteiger partial charge in [-0.2, -0.15) is 5.11 Å². The highest BCUT2D eigenvalue weighted by Crippen LogP contribution is 2.32. The van der Waals surface area contributed by atoms with Gasteiger partial charge in [-0.15, -0.1) is 5.11 Å². The van der Waals surface area contributed by atoms with Crippen molar-refractivity contribution in [2.45, 2.75) is 27.2 Å². The Hall–Kier alpha value is -2.16. The molecule has 2 N–H and O–H groups in total. The number of nitrogens with zero attached hydrogens (tertiary/aromatic N) is 2. The molecule has 0 aromatic heterocycles. The Kier molecular flexibility index (Phi) is 3.95. The lowest BCUT2D eigenvalue weighted by Crippen LogP contribution is -1.98. The van der Waals surface area contributed by atoms with Gasteiger partial charge in [-0.1, -0.05) is 25.1 Å². The third-order valence-corrected chi connectivity index (χ3v) is 3.34. The number of azo groups is 1. The molecule has 2 aromatic carbocycles. The number of anilines is 1. The van der Waals surface area contributed by atoms with E-state index in [1.807, 2.05) is 43.3 Å². The Morgan fingerprint density at radius 3 is 2.37 bits per heavy atom. The van der Waals surface area contributed by atoms with Crippen molar-refractivity contribution in [3.63, 3.8) is 0 Å². The van der Waals surface area contributed by atoms with E-state index in [1.165, 1.54) is 11.1 Å². The van der Waals surface area contributed by atoms with Crippen LogP contribution < -0.4 is 5.73 Å². The average Bonchev–Trinajstić information content (AvgIpc) is 2.43. The van der Waals surface area contributed by atoms with Gasteiger partial charge < -0.3 is 5.73 Å². The van der Waals surface area contributed by atoms with Crippen molar-refractivity contribution in [3.05, 3.63) is 53.1 Å². The predicted octanol–water partition coefficient (Wildman–Crippen LogP) is 4.86. The number of rotatable bonds is 3. The largest absolute Gasteiger partial charge is 0.397 e. The Morgan fingerprint density at radius 1 is 1.05 bits per heavy atom. The molecule has 0 unspecified atom stereocenters. The Bertz CT molecular complexity index is 601. The van der Waals surface area contributed by atoms with E-state index in [0.29, 0.717) is 0 Å². The second-order valence-corrected chi connectivity index (χ2v) is 4.62. The van der Waals surface area contributed by atoms with Crippen LogP contribution in [0.4, 0.5) is 17.1 Å². The quantitative estimate of drug-likeness (QED) is 0.616. The molecule has 0 aliphatic rings. The van der Waals surface area contributed by atoms with Crippen molar-refractivity contribution in [3.8, 4) is 0 Å². The topological polar surface area (TPSA) is 50.7 Å². The monoisotopic (exact) mass is 253 g/mol. The van der Waals surface area contributed by atoms with E-state index >= 15 is 0 Å². The lowest BCUT2D eigenvalue weighted by Gasteiger charge is -2.12. The summed E-state index contributed by atoms with van der Waals surface area (Å²) in [6, 6.07) is 11.7. The van der Waals surface area contributed by atoms with E-state index in [1.54, 1.807) is 0 Å². The molecule has 0 amide bonds. The van der Waals surface area contributed by atoms with Crippen LogP contribution in [-0.4, -0.2) is 0 Å². The van der Waals surface area contributed by atoms with Crippen LogP contribution in [0.5, 0.6) is 0 Å². The molecule has 0 aliphatic carbocycles. The molecule has 0 spiro atoms. The van der Waals surface area contributed by atoms with Crippen molar-refractivity contribution >= 4 is 17.1 Å². The Balaban J connectivity index is 2.39. The zero-order chi connectivity index (χ0) is 13.8. The molecule has 0 saturated carbocycles. The van der Waals surface area contributed by atoms with Crippen LogP contribution in [0.15, 0.2) is 46.6 Å². The smallest absolute Gasteiger partial charge is 0.109 e. The van der Waals surface area contributed by atoms with Crippen LogP contribution in [0.1, 0.15) is 23.6 Å². The van der Waals surface area contributed by atoms with E-state index < -0.39 is 0 Å². The Labute approximate surface area is 114 Å². The van der Waals surface area contributed by atoms with Gasteiger partial charge in [0.05, 0.1) is 11.4 Å². The number of nitrogen functional groups attached to an aromatic ring is 1. The summed E-state index contributed by atoms with van der Waals surface area (Å²) in [5.74, 6) is 0. The van der Waals surface area contributed by atoms with Crippen molar-refractivity contribution in [2.75, 3.05) is 5.73 Å². The van der Waals surface area contributed by atoms with Gasteiger partial charge in [0.2, 0.25) is 0 Å². The first-order valence-electron chi connectivity index (χ1n) is 6.48. The van der Waals surface area contributed by atoms with Gasteiger partial charge in [-0.25, -0.2) is 0 Å². The van der Waals surface area contributed by atoms with Crippen LogP contribution in [0, 0.1) is 13.8 Å². The molecule has 3 heteroatoms. The third kappa shape index (κ3) is 2.81. The zero-order valence-corrected chi connectivity index (χ0v) is 11.6. The third-order valence-electron chi connectivity index (χ3n) is 3.34. The maximum atomic E-state index is 6.14. The highest BCUT2D eigenvalue weighted by atomic mass is 15.1. The SMILES string of the molecule is CCc1c(C)cc(N=Nc2ccccc2)c(N)c1C. The molecule has 2 rings (SSSR count). The van der Waals surface area contributed by atoms with Crippen LogP contribution in [-0.2, 0) is 6.42 Å². The van der Waals surface area contributed by atoms with E-state index in [0.717, 1.165) is 29.0 Å². The highest BCUT2D eigenvalue weighted by Gasteiger charge is 2.09. The number of benzene rings is 2. The number of hydrogen-bond acceptors (Lipinski definition) is 3. The minimum Gasteiger partial charge on any atom is -0.397 e. The molecule has 0 radical (unpaired) electrons. The normalized spacial score (nSPS) is 11.1. The van der Waals surface area contributed by atoms with Gasteiger partial charge in [-0.3, -0.25) is 0 Å². The molecule has 2 aromatic rings. The second-order valence-electron chi connectivity index (χ2n) is 4.62. The summed E-state index contributed by atoms with van der Waals surface area (Å²) in [4.78, 5) is 0. The van der Waals surface area contributed by atoms with Crippen molar-refractivity contribution < 1.29 is 0 Å². The Morgan fingerprint density at radius 2 is 1.74 bits per heavy atom. The molecule has 0 saturated heterocycles. The first kappa shape index (κ1) is 13.3. The molecule has 3 nitrogen and oxygen atoms in total. The van der Waals surface area contributed by atoms with Gasteiger partial charge in [0.25, 0.3) is 0 Å². The highest BCUT2D eigenvalue weighted by molar-refractivity contribution is 5.70. The molecule has 0 fully saturated rings. The fourth-order valence-electron chi connectivity index (χ4n) is 2.25. The van der Waals surface area contributed by atoms with Crippen LogP contribution >= 0.6 is 0 Å². The lowest BCUT2D eigenvalue weighted by molar-refractivity contribution is 1.08. The van der Waals surface area contributed by atoms with E-state index in [4.69, 9.17) is 5.73 Å². The summed E-state index contributed by atoms with van der Waals surface area (Å²) < 4.78 is 0. The zero-order valence-electron chi connectivity index (χ0n) is 11.6. The van der Waals surface area contributed by atoms with Crippen molar-refractivity contribution in [2.24, 2.45) is 10.2 Å². The van der Waals surface area contributed by atoms with Crippen LogP contribution in [0.25, 0.3) is 0 Å². The molecule has 0 bridgehead atoms. The van der Waals surface area contributed by atoms with Gasteiger partial charge in [0, 0.05) is 0 Å². The van der Waals surface area contributed by atoms with E-state index in [9.17, 15) is 0 Å². The van der Waals surface area contributed by atoms with Crippen LogP contribution in [0.2, 0.25) is 0 Å². The number of hydrogen-bond donors (Lipinski definition) is 1. The number of nitrogens with two attached hydrogens (primary N) is 1. The molecule has 0 aliphatic heterocycles. The van der Waals surface area contributed by atoms with Crippen LogP contribution in [0.3, 0.4) is 0 Å². The first-order valence-corrected chi connectivity index (χ1v) is 6.48. The fraction of sp³-hybridized carbons (Fsp3) is 0.250. The summed E-state index contributed by atoms with van der Waals surface area (Å²) in [5, 5.41) is 8.49. The summed E-state index contributed by atoms with van der Waals surface area (Å²) in [7, 11) is 0. The maximum Gasteiger partial charge on any atom is 0.109 e. The standard InChI is InChI=1S/C16H19N3/c1-4-14-11(2)10-15(16(17)12(14)3)19-18-13-8-6-5-7-9-13/h5-10H,4,17H2,1-3H3. The second kappa shape index (κ2) is 5.65. The fourth-order valence-corrected chi connectivity index (χ4v) is 2.25. The molecular formula is C16H19N3. The summed E-state index contributed by atoms with van der Waals surface area (Å²) in [5.41, 5.74) is 12.1. The van der Waals surface area contributed by atoms with Gasteiger partial charge in [0.1, 0.15) is 5.69 Å². The summed E-state index contributed by atoms with van der Waals surface area (Å²) >= 11 is 0.